The summed E-state index contributed by atoms with van der Waals surface area (Å²) in [6, 6.07) is 0.610. The van der Waals surface area contributed by atoms with Crippen molar-refractivity contribution in [3.63, 3.8) is 0 Å². The molecule has 0 saturated carbocycles. The summed E-state index contributed by atoms with van der Waals surface area (Å²) in [6.07, 6.45) is 0.266. The van der Waals surface area contributed by atoms with Crippen LogP contribution >= 0.6 is 0 Å². The number of hydrogen-bond acceptors (Lipinski definition) is 5. The third kappa shape index (κ3) is 2.03. The Morgan fingerprint density at radius 2 is 2.15 bits per heavy atom. The molecule has 2 unspecified atom stereocenters. The summed E-state index contributed by atoms with van der Waals surface area (Å²) in [5.41, 5.74) is 0.239. The van der Waals surface area contributed by atoms with Crippen molar-refractivity contribution in [3.05, 3.63) is 17.4 Å². The van der Waals surface area contributed by atoms with E-state index in [1.807, 2.05) is 0 Å². The number of rotatable bonds is 2. The molecule has 0 amide bonds. The predicted molar refractivity (Wildman–Crippen MR) is 65.5 cm³/mol. The molecule has 1 aromatic rings. The van der Waals surface area contributed by atoms with Crippen LogP contribution < -0.4 is 14.8 Å². The van der Waals surface area contributed by atoms with E-state index >= 15 is 0 Å². The molecule has 1 aromatic carbocycles. The molecule has 2 aliphatic rings. The zero-order chi connectivity index (χ0) is 14.3. The van der Waals surface area contributed by atoms with E-state index in [1.165, 1.54) is 0 Å². The van der Waals surface area contributed by atoms with E-state index in [0.717, 1.165) is 6.07 Å². The fourth-order valence-corrected chi connectivity index (χ4v) is 2.64. The normalized spacial score (nSPS) is 24.6. The molecule has 0 aromatic heterocycles. The molecule has 3 N–H and O–H groups in total. The predicted octanol–water partition coefficient (Wildman–Crippen LogP) is 1.04. The summed E-state index contributed by atoms with van der Waals surface area (Å²) in [6.45, 7) is 0.887. The second-order valence-electron chi connectivity index (χ2n) is 4.88. The Hall–Kier alpha value is -2.02. The molecule has 108 valence electrons. The van der Waals surface area contributed by atoms with Crippen molar-refractivity contribution in [2.75, 3.05) is 19.8 Å². The van der Waals surface area contributed by atoms with E-state index in [-0.39, 0.29) is 24.3 Å². The molecular formula is C13H14FNO5. The maximum absolute atomic E-state index is 13.7. The van der Waals surface area contributed by atoms with Gasteiger partial charge < -0.3 is 25.0 Å². The first-order chi connectivity index (χ1) is 9.58. The number of hydrogen-bond donors (Lipinski definition) is 3. The van der Waals surface area contributed by atoms with Crippen molar-refractivity contribution in [1.29, 1.82) is 0 Å². The van der Waals surface area contributed by atoms with Crippen LogP contribution in [0.3, 0.4) is 0 Å². The topological polar surface area (TPSA) is 88.0 Å². The quantitative estimate of drug-likeness (QED) is 0.751. The lowest BCUT2D eigenvalue weighted by atomic mass is 9.97. The van der Waals surface area contributed by atoms with Gasteiger partial charge in [-0.25, -0.2) is 4.39 Å². The number of benzene rings is 1. The molecule has 1 saturated heterocycles. The van der Waals surface area contributed by atoms with Crippen molar-refractivity contribution < 1.29 is 28.9 Å². The van der Waals surface area contributed by atoms with E-state index in [9.17, 15) is 14.3 Å². The highest BCUT2D eigenvalue weighted by atomic mass is 19.1. The van der Waals surface area contributed by atoms with Crippen LogP contribution in [0.2, 0.25) is 0 Å². The van der Waals surface area contributed by atoms with Crippen LogP contribution in [0.1, 0.15) is 18.0 Å². The Kier molecular flexibility index (Phi) is 3.13. The Bertz CT molecular complexity index is 562. The molecule has 0 aliphatic carbocycles. The summed E-state index contributed by atoms with van der Waals surface area (Å²) < 4.78 is 24.5. The van der Waals surface area contributed by atoms with Crippen LogP contribution in [0.15, 0.2) is 6.07 Å². The fraction of sp³-hybridized carbons (Fsp3) is 0.462. The Balaban J connectivity index is 2.00. The third-order valence-corrected chi connectivity index (χ3v) is 3.62. The number of halogens is 1. The van der Waals surface area contributed by atoms with E-state index < -0.39 is 29.5 Å². The van der Waals surface area contributed by atoms with Gasteiger partial charge in [0.1, 0.15) is 13.2 Å². The SMILES string of the molecule is O=C(O)C1CNC(c2c(O)c(F)cc3c2OCCO3)C1. The summed E-state index contributed by atoms with van der Waals surface area (Å²) in [7, 11) is 0. The third-order valence-electron chi connectivity index (χ3n) is 3.62. The van der Waals surface area contributed by atoms with E-state index in [1.54, 1.807) is 0 Å². The molecule has 0 spiro atoms. The van der Waals surface area contributed by atoms with E-state index in [4.69, 9.17) is 14.6 Å². The Labute approximate surface area is 114 Å². The molecule has 7 heteroatoms. The summed E-state index contributed by atoms with van der Waals surface area (Å²) in [4.78, 5) is 11.0. The first-order valence-corrected chi connectivity index (χ1v) is 6.35. The lowest BCUT2D eigenvalue weighted by Gasteiger charge is -2.24. The van der Waals surface area contributed by atoms with Gasteiger partial charge in [0.25, 0.3) is 0 Å². The van der Waals surface area contributed by atoms with E-state index in [0.29, 0.717) is 19.0 Å². The van der Waals surface area contributed by atoms with Gasteiger partial charge in [-0.05, 0) is 6.42 Å². The lowest BCUT2D eigenvalue weighted by molar-refractivity contribution is -0.141. The monoisotopic (exact) mass is 283 g/mol. The second kappa shape index (κ2) is 4.82. The average molecular weight is 283 g/mol. The fourth-order valence-electron chi connectivity index (χ4n) is 2.64. The van der Waals surface area contributed by atoms with Crippen LogP contribution in [0, 0.1) is 11.7 Å². The smallest absolute Gasteiger partial charge is 0.307 e. The molecule has 20 heavy (non-hydrogen) atoms. The van der Waals surface area contributed by atoms with Crippen LogP contribution in [-0.2, 0) is 4.79 Å². The maximum Gasteiger partial charge on any atom is 0.307 e. The van der Waals surface area contributed by atoms with Crippen LogP contribution in [0.25, 0.3) is 0 Å². The number of carboxylic acids is 1. The van der Waals surface area contributed by atoms with Gasteiger partial charge in [-0.1, -0.05) is 0 Å². The molecule has 2 aliphatic heterocycles. The zero-order valence-corrected chi connectivity index (χ0v) is 10.6. The zero-order valence-electron chi connectivity index (χ0n) is 10.6. The van der Waals surface area contributed by atoms with Crippen molar-refractivity contribution in [1.82, 2.24) is 5.32 Å². The van der Waals surface area contributed by atoms with Gasteiger partial charge >= 0.3 is 5.97 Å². The number of nitrogens with one attached hydrogen (secondary N) is 1. The number of ether oxygens (including phenoxy) is 2. The molecule has 0 bridgehead atoms. The number of phenols is 1. The molecule has 1 fully saturated rings. The number of aromatic hydroxyl groups is 1. The van der Waals surface area contributed by atoms with Gasteiger partial charge in [-0.2, -0.15) is 0 Å². The van der Waals surface area contributed by atoms with Gasteiger partial charge in [0.2, 0.25) is 0 Å². The van der Waals surface area contributed by atoms with Crippen molar-refractivity contribution in [3.8, 4) is 17.2 Å². The van der Waals surface area contributed by atoms with Crippen molar-refractivity contribution in [2.45, 2.75) is 12.5 Å². The van der Waals surface area contributed by atoms with Crippen molar-refractivity contribution >= 4 is 5.97 Å². The van der Waals surface area contributed by atoms with Crippen LogP contribution in [-0.4, -0.2) is 35.9 Å². The summed E-state index contributed by atoms with van der Waals surface area (Å²) in [5.74, 6) is -2.27. The number of carboxylic acid groups (broad SMARTS) is 1. The minimum absolute atomic E-state index is 0.238. The molecule has 0 radical (unpaired) electrons. The molecule has 2 atom stereocenters. The first kappa shape index (κ1) is 13.0. The Morgan fingerprint density at radius 1 is 1.40 bits per heavy atom. The van der Waals surface area contributed by atoms with Gasteiger partial charge in [0.15, 0.2) is 23.1 Å². The maximum atomic E-state index is 13.7. The van der Waals surface area contributed by atoms with Crippen LogP contribution in [0.5, 0.6) is 17.2 Å². The minimum atomic E-state index is -0.915. The number of phenolic OH excluding ortho intramolecular Hbond substituents is 1. The molecule has 6 nitrogen and oxygen atoms in total. The summed E-state index contributed by atoms with van der Waals surface area (Å²) in [5, 5.41) is 21.9. The first-order valence-electron chi connectivity index (χ1n) is 6.35. The largest absolute Gasteiger partial charge is 0.504 e. The number of fused-ring (bicyclic) bond motifs is 1. The van der Waals surface area contributed by atoms with E-state index in [2.05, 4.69) is 5.32 Å². The standard InChI is InChI=1S/C13H14FNO5/c14-7-4-9-12(20-2-1-19-9)10(11(7)16)8-3-6(5-15-8)13(17)18/h4,6,8,15-16H,1-3,5H2,(H,17,18). The second-order valence-corrected chi connectivity index (χ2v) is 4.88. The van der Waals surface area contributed by atoms with Crippen LogP contribution in [0.4, 0.5) is 4.39 Å². The number of aliphatic carboxylic acids is 1. The van der Waals surface area contributed by atoms with Gasteiger partial charge in [0.05, 0.1) is 11.5 Å². The summed E-state index contributed by atoms with van der Waals surface area (Å²) >= 11 is 0. The van der Waals surface area contributed by atoms with Gasteiger partial charge in [0, 0.05) is 18.7 Å². The number of carbonyl (C=O) groups is 1. The lowest BCUT2D eigenvalue weighted by Crippen LogP contribution is -2.21. The molecule has 2 heterocycles. The highest BCUT2D eigenvalue weighted by molar-refractivity contribution is 5.71. The minimum Gasteiger partial charge on any atom is -0.504 e. The highest BCUT2D eigenvalue weighted by Crippen LogP contribution is 2.46. The average Bonchev–Trinajstić information content (AvgIpc) is 2.90. The molecule has 3 rings (SSSR count). The molecular weight excluding hydrogens is 269 g/mol. The van der Waals surface area contributed by atoms with Crippen molar-refractivity contribution in [2.24, 2.45) is 5.92 Å². The van der Waals surface area contributed by atoms with Gasteiger partial charge in [-0.15, -0.1) is 0 Å². The highest BCUT2D eigenvalue weighted by Gasteiger charge is 2.36. The Morgan fingerprint density at radius 3 is 2.85 bits per heavy atom. The van der Waals surface area contributed by atoms with Gasteiger partial charge in [-0.3, -0.25) is 4.79 Å².